The number of carbonyl (C=O) groups excluding carboxylic acids is 1. The van der Waals surface area contributed by atoms with Crippen LogP contribution in [0.2, 0.25) is 17.6 Å². The van der Waals surface area contributed by atoms with Gasteiger partial charge in [0.05, 0.1) is 0 Å². The third kappa shape index (κ3) is 4.87. The lowest BCUT2D eigenvalue weighted by Gasteiger charge is -2.34. The quantitative estimate of drug-likeness (QED) is 0.389. The maximum Gasteiger partial charge on any atom is 0.292 e. The molecular weight excluding hydrogens is 240 g/mol. The second-order valence-corrected chi connectivity index (χ2v) is 10.4. The van der Waals surface area contributed by atoms with Crippen LogP contribution in [-0.2, 0) is 9.22 Å². The summed E-state index contributed by atoms with van der Waals surface area (Å²) >= 11 is 5.58. The van der Waals surface area contributed by atoms with Crippen molar-refractivity contribution in [2.24, 2.45) is 0 Å². The molecular formula is C12H25ClO2Si. The molecule has 0 aromatic carbocycles. The monoisotopic (exact) mass is 264 g/mol. The van der Waals surface area contributed by atoms with E-state index in [1.54, 1.807) is 0 Å². The Bertz CT molecular complexity index is 209. The molecule has 0 atom stereocenters. The molecule has 0 saturated carbocycles. The summed E-state index contributed by atoms with van der Waals surface area (Å²) in [5.74, 6) is 0.581. The highest BCUT2D eigenvalue weighted by molar-refractivity contribution is 6.76. The second-order valence-electron chi connectivity index (χ2n) is 5.11. The number of rotatable bonds is 7. The molecule has 0 fully saturated rings. The molecule has 0 heterocycles. The molecule has 0 bridgehead atoms. The Hall–Kier alpha value is -0.0231. The van der Waals surface area contributed by atoms with Crippen LogP contribution in [-0.4, -0.2) is 20.2 Å². The zero-order valence-corrected chi connectivity index (χ0v) is 12.9. The second kappa shape index (κ2) is 7.33. The number of unbranched alkanes of at least 4 members (excludes halogenated alkanes) is 1. The summed E-state index contributed by atoms with van der Waals surface area (Å²) in [5, 5.41) is 0. The summed E-state index contributed by atoms with van der Waals surface area (Å²) in [7, 11) is -1.91. The first-order valence-corrected chi connectivity index (χ1v) is 9.22. The molecule has 4 heteroatoms. The minimum Gasteiger partial charge on any atom is -0.519 e. The van der Waals surface area contributed by atoms with Gasteiger partial charge >= 0.3 is 0 Å². The van der Waals surface area contributed by atoms with Crippen LogP contribution in [0.25, 0.3) is 0 Å². The van der Waals surface area contributed by atoms with Gasteiger partial charge in [-0.05, 0) is 30.5 Å². The third-order valence-corrected chi connectivity index (χ3v) is 8.91. The number of hydrogen-bond acceptors (Lipinski definition) is 2. The summed E-state index contributed by atoms with van der Waals surface area (Å²) in [4.78, 5) is 11.7. The SMILES string of the molecule is CC(C)[Si](C)(OC(=O)CCCCCl)C(C)C. The van der Waals surface area contributed by atoms with Crippen LogP contribution in [0.15, 0.2) is 0 Å². The topological polar surface area (TPSA) is 26.3 Å². The van der Waals surface area contributed by atoms with Gasteiger partial charge in [-0.2, -0.15) is 0 Å². The summed E-state index contributed by atoms with van der Waals surface area (Å²) < 4.78 is 5.76. The average Bonchev–Trinajstić information content (AvgIpc) is 2.17. The lowest BCUT2D eigenvalue weighted by atomic mass is 10.3. The molecule has 0 radical (unpaired) electrons. The molecule has 0 saturated heterocycles. The van der Waals surface area contributed by atoms with Crippen LogP contribution >= 0.6 is 11.6 Å². The van der Waals surface area contributed by atoms with E-state index in [1.807, 2.05) is 0 Å². The van der Waals surface area contributed by atoms with E-state index in [1.165, 1.54) is 0 Å². The van der Waals surface area contributed by atoms with E-state index in [0.29, 0.717) is 23.4 Å². The van der Waals surface area contributed by atoms with Gasteiger partial charge in [0.25, 0.3) is 14.3 Å². The fraction of sp³-hybridized carbons (Fsp3) is 0.917. The Morgan fingerprint density at radius 3 is 2.06 bits per heavy atom. The van der Waals surface area contributed by atoms with Crippen LogP contribution in [0.1, 0.15) is 47.0 Å². The van der Waals surface area contributed by atoms with Crippen LogP contribution in [0.3, 0.4) is 0 Å². The van der Waals surface area contributed by atoms with Crippen LogP contribution in [0.5, 0.6) is 0 Å². The largest absolute Gasteiger partial charge is 0.519 e. The Balaban J connectivity index is 4.25. The number of hydrogen-bond donors (Lipinski definition) is 0. The summed E-state index contributed by atoms with van der Waals surface area (Å²) in [5.41, 5.74) is 0.925. The van der Waals surface area contributed by atoms with E-state index in [0.717, 1.165) is 12.8 Å². The highest BCUT2D eigenvalue weighted by atomic mass is 35.5. The van der Waals surface area contributed by atoms with Crippen molar-refractivity contribution in [1.29, 1.82) is 0 Å². The minimum atomic E-state index is -1.91. The molecule has 0 aliphatic rings. The van der Waals surface area contributed by atoms with E-state index in [4.69, 9.17) is 16.0 Å². The lowest BCUT2D eigenvalue weighted by Crippen LogP contribution is -2.43. The Kier molecular flexibility index (Phi) is 7.32. The predicted molar refractivity (Wildman–Crippen MR) is 72.5 cm³/mol. The van der Waals surface area contributed by atoms with E-state index < -0.39 is 8.32 Å². The first kappa shape index (κ1) is 16.0. The van der Waals surface area contributed by atoms with Crippen LogP contribution < -0.4 is 0 Å². The number of carbonyl (C=O) groups is 1. The molecule has 0 amide bonds. The van der Waals surface area contributed by atoms with Gasteiger partial charge in [-0.1, -0.05) is 27.7 Å². The molecule has 0 aliphatic heterocycles. The van der Waals surface area contributed by atoms with Crippen molar-refractivity contribution in [2.75, 3.05) is 5.88 Å². The fourth-order valence-electron chi connectivity index (χ4n) is 1.56. The molecule has 0 N–H and O–H groups in total. The predicted octanol–water partition coefficient (Wildman–Crippen LogP) is 4.33. The first-order valence-electron chi connectivity index (χ1n) is 6.12. The molecule has 0 aromatic heterocycles. The Morgan fingerprint density at radius 2 is 1.69 bits per heavy atom. The van der Waals surface area contributed by atoms with Gasteiger partial charge in [0, 0.05) is 12.3 Å². The molecule has 0 unspecified atom stereocenters. The van der Waals surface area contributed by atoms with Crippen molar-refractivity contribution in [3.63, 3.8) is 0 Å². The molecule has 0 aliphatic carbocycles. The van der Waals surface area contributed by atoms with E-state index in [-0.39, 0.29) is 5.97 Å². The van der Waals surface area contributed by atoms with Crippen molar-refractivity contribution in [1.82, 2.24) is 0 Å². The molecule has 0 rings (SSSR count). The van der Waals surface area contributed by atoms with Gasteiger partial charge in [0.2, 0.25) is 0 Å². The molecule has 96 valence electrons. The normalized spacial score (nSPS) is 12.2. The van der Waals surface area contributed by atoms with Gasteiger partial charge < -0.3 is 4.43 Å². The highest BCUT2D eigenvalue weighted by Crippen LogP contribution is 2.33. The first-order chi connectivity index (χ1) is 7.34. The minimum absolute atomic E-state index is 0.0401. The van der Waals surface area contributed by atoms with Gasteiger partial charge in [-0.25, -0.2) is 0 Å². The van der Waals surface area contributed by atoms with Crippen LogP contribution in [0, 0.1) is 0 Å². The standard InChI is InChI=1S/C12H25ClO2Si/c1-10(2)16(5,11(3)4)15-12(14)8-6-7-9-13/h10-11H,6-9H2,1-5H3. The molecule has 0 spiro atoms. The maximum atomic E-state index is 11.7. The van der Waals surface area contributed by atoms with Crippen molar-refractivity contribution in [2.45, 2.75) is 64.6 Å². The number of alkyl halides is 1. The van der Waals surface area contributed by atoms with Crippen molar-refractivity contribution in [3.05, 3.63) is 0 Å². The molecule has 2 nitrogen and oxygen atoms in total. The molecule has 16 heavy (non-hydrogen) atoms. The van der Waals surface area contributed by atoms with E-state index in [9.17, 15) is 4.79 Å². The van der Waals surface area contributed by atoms with E-state index in [2.05, 4.69) is 34.2 Å². The van der Waals surface area contributed by atoms with Gasteiger partial charge in [0.15, 0.2) is 0 Å². The average molecular weight is 265 g/mol. The zero-order valence-electron chi connectivity index (χ0n) is 11.2. The summed E-state index contributed by atoms with van der Waals surface area (Å²) in [6.45, 7) is 10.8. The van der Waals surface area contributed by atoms with Gasteiger partial charge in [0.1, 0.15) is 0 Å². The van der Waals surface area contributed by atoms with Crippen molar-refractivity contribution >= 4 is 25.9 Å². The molecule has 0 aromatic rings. The smallest absolute Gasteiger partial charge is 0.292 e. The zero-order chi connectivity index (χ0) is 12.8. The lowest BCUT2D eigenvalue weighted by molar-refractivity contribution is -0.135. The third-order valence-electron chi connectivity index (χ3n) is 3.39. The van der Waals surface area contributed by atoms with Crippen molar-refractivity contribution < 1.29 is 9.22 Å². The maximum absolute atomic E-state index is 11.7. The summed E-state index contributed by atoms with van der Waals surface area (Å²) in [6, 6.07) is 0. The van der Waals surface area contributed by atoms with Crippen LogP contribution in [0.4, 0.5) is 0 Å². The van der Waals surface area contributed by atoms with Gasteiger partial charge in [-0.3, -0.25) is 4.79 Å². The number of halogens is 1. The van der Waals surface area contributed by atoms with E-state index >= 15 is 0 Å². The Labute approximate surface area is 106 Å². The highest BCUT2D eigenvalue weighted by Gasteiger charge is 2.39. The van der Waals surface area contributed by atoms with Crippen molar-refractivity contribution in [3.8, 4) is 0 Å². The fourth-order valence-corrected chi connectivity index (χ4v) is 4.15. The Morgan fingerprint density at radius 1 is 1.19 bits per heavy atom. The summed E-state index contributed by atoms with van der Waals surface area (Å²) in [6.07, 6.45) is 2.23. The van der Waals surface area contributed by atoms with Gasteiger partial charge in [-0.15, -0.1) is 11.6 Å².